The van der Waals surface area contributed by atoms with Crippen LogP contribution in [-0.2, 0) is 9.59 Å². The van der Waals surface area contributed by atoms with Crippen molar-refractivity contribution in [3.8, 4) is 0 Å². The second kappa shape index (κ2) is 8.48. The predicted molar refractivity (Wildman–Crippen MR) is 102 cm³/mol. The van der Waals surface area contributed by atoms with Gasteiger partial charge in [-0.25, -0.2) is 0 Å². The summed E-state index contributed by atoms with van der Waals surface area (Å²) in [7, 11) is 1.91. The molecule has 0 bridgehead atoms. The van der Waals surface area contributed by atoms with Gasteiger partial charge < -0.3 is 4.90 Å². The Hall–Kier alpha value is -1.61. The first kappa shape index (κ1) is 20.4. The normalized spacial score (nSPS) is 13.3. The first-order valence-electron chi connectivity index (χ1n) is 8.33. The maximum atomic E-state index is 12.9. The van der Waals surface area contributed by atoms with Gasteiger partial charge in [0.25, 0.3) is 0 Å². The molecule has 1 aromatic rings. The van der Waals surface area contributed by atoms with Crippen molar-refractivity contribution in [1.29, 1.82) is 0 Å². The molecule has 1 aromatic carbocycles. The quantitative estimate of drug-likeness (QED) is 0.646. The number of halogens is 1. The topological polar surface area (TPSA) is 37.4 Å². The van der Waals surface area contributed by atoms with Crippen LogP contribution in [0.25, 0.3) is 0 Å². The summed E-state index contributed by atoms with van der Waals surface area (Å²) in [5.74, 6) is -0.0608. The zero-order valence-corrected chi connectivity index (χ0v) is 16.5. The summed E-state index contributed by atoms with van der Waals surface area (Å²) in [5.41, 5.74) is 4.15. The predicted octanol–water partition coefficient (Wildman–Crippen LogP) is 5.06. The molecular weight excluding hydrogens is 322 g/mol. The van der Waals surface area contributed by atoms with E-state index in [1.54, 1.807) is 13.8 Å². The van der Waals surface area contributed by atoms with Gasteiger partial charge in [0.1, 0.15) is 0 Å². The van der Waals surface area contributed by atoms with Gasteiger partial charge in [0, 0.05) is 23.3 Å². The van der Waals surface area contributed by atoms with Crippen LogP contribution in [0.15, 0.2) is 23.3 Å². The van der Waals surface area contributed by atoms with Crippen molar-refractivity contribution in [2.75, 3.05) is 11.9 Å². The summed E-state index contributed by atoms with van der Waals surface area (Å²) >= 11 is 6.31. The fraction of sp³-hybridized carbons (Fsp3) is 0.500. The van der Waals surface area contributed by atoms with Crippen LogP contribution in [0.1, 0.15) is 51.7 Å². The molecule has 0 saturated carbocycles. The van der Waals surface area contributed by atoms with Crippen LogP contribution in [0.2, 0.25) is 5.02 Å². The van der Waals surface area contributed by atoms with E-state index in [-0.39, 0.29) is 17.6 Å². The number of likely N-dealkylation sites (N-methyl/N-ethyl adjacent to an activating group) is 1. The lowest BCUT2D eigenvalue weighted by molar-refractivity contribution is -0.118. The highest BCUT2D eigenvalue weighted by atomic mass is 35.5. The Balaban J connectivity index is 3.27. The number of nitrogens with zero attached hydrogens (tertiary/aromatic N) is 1. The largest absolute Gasteiger partial charge is 0.364 e. The molecule has 0 saturated heterocycles. The maximum absolute atomic E-state index is 12.9. The smallest absolute Gasteiger partial charge is 0.181 e. The standard InChI is InChI=1S/C20H28ClNO2/c1-8-9-19(20(24)15(5)14(4)16(6)23)22(7)17-10-12(2)13(3)18(21)11-17/h10-11,19H,8-9H2,1-7H3/b15-14-. The van der Waals surface area contributed by atoms with Gasteiger partial charge in [-0.15, -0.1) is 0 Å². The third-order valence-corrected chi connectivity index (χ3v) is 5.18. The van der Waals surface area contributed by atoms with E-state index in [4.69, 9.17) is 11.6 Å². The molecule has 1 rings (SSSR count). The third kappa shape index (κ3) is 4.47. The number of benzene rings is 1. The van der Waals surface area contributed by atoms with Crippen LogP contribution in [-0.4, -0.2) is 24.7 Å². The number of carbonyl (C=O) groups is 2. The van der Waals surface area contributed by atoms with Gasteiger partial charge in [-0.3, -0.25) is 9.59 Å². The number of aryl methyl sites for hydroxylation is 1. The third-order valence-electron chi connectivity index (χ3n) is 4.79. The summed E-state index contributed by atoms with van der Waals surface area (Å²) in [6.07, 6.45) is 1.61. The van der Waals surface area contributed by atoms with Crippen molar-refractivity contribution in [3.05, 3.63) is 39.4 Å². The molecule has 0 fully saturated rings. The van der Waals surface area contributed by atoms with Crippen molar-refractivity contribution >= 4 is 28.9 Å². The van der Waals surface area contributed by atoms with E-state index in [2.05, 4.69) is 6.92 Å². The van der Waals surface area contributed by atoms with Crippen LogP contribution in [0.5, 0.6) is 0 Å². The fourth-order valence-electron chi connectivity index (χ4n) is 2.65. The molecule has 0 aliphatic heterocycles. The number of hydrogen-bond donors (Lipinski definition) is 0. The van der Waals surface area contributed by atoms with Gasteiger partial charge in [-0.05, 0) is 69.9 Å². The highest BCUT2D eigenvalue weighted by molar-refractivity contribution is 6.31. The molecule has 0 aromatic heterocycles. The van der Waals surface area contributed by atoms with Crippen LogP contribution >= 0.6 is 11.6 Å². The Morgan fingerprint density at radius 3 is 2.17 bits per heavy atom. The van der Waals surface area contributed by atoms with Gasteiger partial charge in [0.15, 0.2) is 11.6 Å². The van der Waals surface area contributed by atoms with Gasteiger partial charge in [-0.2, -0.15) is 0 Å². The van der Waals surface area contributed by atoms with Crippen molar-refractivity contribution in [2.24, 2.45) is 0 Å². The van der Waals surface area contributed by atoms with Crippen molar-refractivity contribution < 1.29 is 9.59 Å². The van der Waals surface area contributed by atoms with Crippen LogP contribution < -0.4 is 4.90 Å². The zero-order chi connectivity index (χ0) is 18.6. The van der Waals surface area contributed by atoms with Crippen LogP contribution in [0, 0.1) is 13.8 Å². The summed E-state index contributed by atoms with van der Waals surface area (Å²) in [6, 6.07) is 3.65. The van der Waals surface area contributed by atoms with Gasteiger partial charge in [-0.1, -0.05) is 24.9 Å². The summed E-state index contributed by atoms with van der Waals surface area (Å²) in [4.78, 5) is 26.5. The van der Waals surface area contributed by atoms with Crippen LogP contribution in [0.3, 0.4) is 0 Å². The number of ketones is 2. The number of rotatable bonds is 7. The van der Waals surface area contributed by atoms with Crippen molar-refractivity contribution in [3.63, 3.8) is 0 Å². The van der Waals surface area contributed by atoms with E-state index in [1.807, 2.05) is 37.9 Å². The van der Waals surface area contributed by atoms with E-state index in [0.717, 1.165) is 29.7 Å². The second-order valence-electron chi connectivity index (χ2n) is 6.46. The molecule has 3 nitrogen and oxygen atoms in total. The lowest BCUT2D eigenvalue weighted by Crippen LogP contribution is -2.39. The van der Waals surface area contributed by atoms with E-state index < -0.39 is 0 Å². The Morgan fingerprint density at radius 2 is 1.71 bits per heavy atom. The highest BCUT2D eigenvalue weighted by Gasteiger charge is 2.26. The Bertz CT molecular complexity index is 653. The molecule has 0 N–H and O–H groups in total. The summed E-state index contributed by atoms with van der Waals surface area (Å²) < 4.78 is 0. The monoisotopic (exact) mass is 349 g/mol. The van der Waals surface area contributed by atoms with Crippen molar-refractivity contribution in [1.82, 2.24) is 0 Å². The molecule has 132 valence electrons. The minimum atomic E-state index is -0.303. The lowest BCUT2D eigenvalue weighted by atomic mass is 9.95. The molecule has 4 heteroatoms. The molecule has 0 radical (unpaired) electrons. The fourth-order valence-corrected chi connectivity index (χ4v) is 2.92. The molecule has 24 heavy (non-hydrogen) atoms. The Labute approximate surface area is 150 Å². The molecule has 0 aliphatic rings. The summed E-state index contributed by atoms with van der Waals surface area (Å²) in [6.45, 7) is 11.0. The molecule has 0 aliphatic carbocycles. The SMILES string of the molecule is CCCC(C(=O)/C(C)=C(/C)C(C)=O)N(C)c1cc(C)c(C)c(Cl)c1. The van der Waals surface area contributed by atoms with Gasteiger partial charge in [0.05, 0.1) is 6.04 Å². The van der Waals surface area contributed by atoms with E-state index in [1.165, 1.54) is 6.92 Å². The Morgan fingerprint density at radius 1 is 1.12 bits per heavy atom. The number of carbonyl (C=O) groups excluding carboxylic acids is 2. The van der Waals surface area contributed by atoms with Crippen molar-refractivity contribution in [2.45, 2.75) is 60.4 Å². The second-order valence-corrected chi connectivity index (χ2v) is 6.86. The molecule has 0 heterocycles. The minimum absolute atomic E-state index is 0.00130. The maximum Gasteiger partial charge on any atom is 0.181 e. The van der Waals surface area contributed by atoms with E-state index in [9.17, 15) is 9.59 Å². The molecular formula is C20H28ClNO2. The van der Waals surface area contributed by atoms with Crippen LogP contribution in [0.4, 0.5) is 5.69 Å². The lowest BCUT2D eigenvalue weighted by Gasteiger charge is -2.30. The first-order valence-corrected chi connectivity index (χ1v) is 8.71. The average molecular weight is 350 g/mol. The number of Topliss-reactive ketones (excluding diaryl/α,β-unsaturated/α-hetero) is 2. The average Bonchev–Trinajstić information content (AvgIpc) is 2.54. The number of anilines is 1. The number of allylic oxidation sites excluding steroid dienone is 1. The number of hydrogen-bond acceptors (Lipinski definition) is 3. The molecule has 0 amide bonds. The molecule has 1 unspecified atom stereocenters. The van der Waals surface area contributed by atoms with Gasteiger partial charge in [0.2, 0.25) is 0 Å². The molecule has 1 atom stereocenters. The minimum Gasteiger partial charge on any atom is -0.364 e. The molecule has 0 spiro atoms. The first-order chi connectivity index (χ1) is 11.1. The highest BCUT2D eigenvalue weighted by Crippen LogP contribution is 2.28. The van der Waals surface area contributed by atoms with E-state index in [0.29, 0.717) is 16.2 Å². The Kier molecular flexibility index (Phi) is 7.22. The van der Waals surface area contributed by atoms with Gasteiger partial charge >= 0.3 is 0 Å². The zero-order valence-electron chi connectivity index (χ0n) is 15.8. The summed E-state index contributed by atoms with van der Waals surface area (Å²) in [5, 5.41) is 0.701. The van der Waals surface area contributed by atoms with E-state index >= 15 is 0 Å².